The van der Waals surface area contributed by atoms with Gasteiger partial charge in [-0.25, -0.2) is 4.68 Å². The second kappa shape index (κ2) is 7.12. The lowest BCUT2D eigenvalue weighted by Gasteiger charge is -2.23. The van der Waals surface area contributed by atoms with E-state index in [9.17, 15) is 19.5 Å². The lowest BCUT2D eigenvalue weighted by Crippen LogP contribution is -2.29. The van der Waals surface area contributed by atoms with Gasteiger partial charge in [0.1, 0.15) is 0 Å². The number of carboxylic acid groups (broad SMARTS) is 1. The van der Waals surface area contributed by atoms with E-state index in [1.807, 2.05) is 30.3 Å². The Kier molecular flexibility index (Phi) is 4.73. The van der Waals surface area contributed by atoms with Gasteiger partial charge in [0.2, 0.25) is 17.8 Å². The summed E-state index contributed by atoms with van der Waals surface area (Å²) in [6.45, 7) is 0. The second-order valence-electron chi connectivity index (χ2n) is 5.66. The summed E-state index contributed by atoms with van der Waals surface area (Å²) >= 11 is 0. The van der Waals surface area contributed by atoms with Gasteiger partial charge in [-0.15, -0.1) is 5.10 Å². The van der Waals surface area contributed by atoms with Gasteiger partial charge in [0.15, 0.2) is 0 Å². The first-order valence-electron chi connectivity index (χ1n) is 7.84. The Morgan fingerprint density at radius 1 is 1.28 bits per heavy atom. The van der Waals surface area contributed by atoms with Crippen molar-refractivity contribution in [3.05, 3.63) is 35.9 Å². The predicted octanol–water partition coefficient (Wildman–Crippen LogP) is 0.0684. The predicted molar refractivity (Wildman–Crippen MR) is 85.3 cm³/mol. The van der Waals surface area contributed by atoms with Crippen LogP contribution in [0.2, 0.25) is 0 Å². The SMILES string of the molecule is O=C([O-])CCCC(=O)Nc1nc2n(n1)[C@H](c1ccccc1)CC(=O)N2. The third-order valence-corrected chi connectivity index (χ3v) is 3.78. The summed E-state index contributed by atoms with van der Waals surface area (Å²) in [6, 6.07) is 9.12. The fourth-order valence-electron chi connectivity index (χ4n) is 2.63. The molecule has 0 fully saturated rings. The van der Waals surface area contributed by atoms with Gasteiger partial charge >= 0.3 is 0 Å². The molecular formula is C16H16N5O4-. The second-order valence-corrected chi connectivity index (χ2v) is 5.66. The fraction of sp³-hybridized carbons (Fsp3) is 0.312. The Hall–Kier alpha value is -3.23. The molecule has 1 atom stereocenters. The summed E-state index contributed by atoms with van der Waals surface area (Å²) < 4.78 is 1.56. The largest absolute Gasteiger partial charge is 0.550 e. The first kappa shape index (κ1) is 16.6. The molecule has 9 nitrogen and oxygen atoms in total. The smallest absolute Gasteiger partial charge is 0.250 e. The zero-order chi connectivity index (χ0) is 17.8. The lowest BCUT2D eigenvalue weighted by molar-refractivity contribution is -0.305. The number of nitrogens with one attached hydrogen (secondary N) is 2. The maximum Gasteiger partial charge on any atom is 0.250 e. The van der Waals surface area contributed by atoms with Crippen molar-refractivity contribution in [3.63, 3.8) is 0 Å². The molecule has 0 unspecified atom stereocenters. The van der Waals surface area contributed by atoms with Gasteiger partial charge in [-0.3, -0.25) is 20.2 Å². The molecule has 0 spiro atoms. The number of benzene rings is 1. The molecule has 25 heavy (non-hydrogen) atoms. The highest BCUT2D eigenvalue weighted by Gasteiger charge is 2.29. The molecule has 1 aliphatic rings. The van der Waals surface area contributed by atoms with Crippen LogP contribution in [0.3, 0.4) is 0 Å². The zero-order valence-electron chi connectivity index (χ0n) is 13.3. The summed E-state index contributed by atoms with van der Waals surface area (Å²) in [7, 11) is 0. The molecule has 130 valence electrons. The molecule has 1 aliphatic heterocycles. The molecule has 9 heteroatoms. The highest BCUT2D eigenvalue weighted by Crippen LogP contribution is 2.29. The van der Waals surface area contributed by atoms with Gasteiger partial charge in [0.05, 0.1) is 12.5 Å². The normalized spacial score (nSPS) is 16.0. The summed E-state index contributed by atoms with van der Waals surface area (Å²) in [4.78, 5) is 38.2. The van der Waals surface area contributed by atoms with Crippen molar-refractivity contribution in [1.82, 2.24) is 14.8 Å². The van der Waals surface area contributed by atoms with Crippen LogP contribution in [0.25, 0.3) is 0 Å². The van der Waals surface area contributed by atoms with Crippen LogP contribution in [0.5, 0.6) is 0 Å². The zero-order valence-corrected chi connectivity index (χ0v) is 13.3. The minimum Gasteiger partial charge on any atom is -0.550 e. The van der Waals surface area contributed by atoms with Crippen LogP contribution in [0.1, 0.15) is 37.3 Å². The van der Waals surface area contributed by atoms with E-state index in [0.29, 0.717) is 0 Å². The third-order valence-electron chi connectivity index (χ3n) is 3.78. The van der Waals surface area contributed by atoms with Crippen LogP contribution in [0, 0.1) is 0 Å². The van der Waals surface area contributed by atoms with Crippen LogP contribution < -0.4 is 15.7 Å². The number of hydrogen-bond acceptors (Lipinski definition) is 6. The van der Waals surface area contributed by atoms with Gasteiger partial charge in [0.25, 0.3) is 5.95 Å². The number of carboxylic acids is 1. The number of carbonyl (C=O) groups is 3. The molecule has 0 saturated carbocycles. The Balaban J connectivity index is 1.74. The number of amides is 2. The first-order valence-corrected chi connectivity index (χ1v) is 7.84. The van der Waals surface area contributed by atoms with Crippen LogP contribution in [0.15, 0.2) is 30.3 Å². The molecule has 0 bridgehead atoms. The van der Waals surface area contributed by atoms with Gasteiger partial charge in [-0.05, 0) is 18.4 Å². The van der Waals surface area contributed by atoms with Crippen molar-refractivity contribution in [3.8, 4) is 0 Å². The molecule has 0 radical (unpaired) electrons. The number of rotatable bonds is 6. The fourth-order valence-corrected chi connectivity index (χ4v) is 2.63. The van der Waals surface area contributed by atoms with Crippen LogP contribution in [0.4, 0.5) is 11.9 Å². The third kappa shape index (κ3) is 4.00. The number of aromatic nitrogens is 3. The van der Waals surface area contributed by atoms with Gasteiger partial charge in [0, 0.05) is 12.4 Å². The van der Waals surface area contributed by atoms with Crippen molar-refractivity contribution in [2.45, 2.75) is 31.7 Å². The number of anilines is 2. The maximum atomic E-state index is 11.9. The molecular weight excluding hydrogens is 326 g/mol. The molecule has 2 amide bonds. The van der Waals surface area contributed by atoms with E-state index in [-0.39, 0.29) is 49.5 Å². The summed E-state index contributed by atoms with van der Waals surface area (Å²) in [5.41, 5.74) is 0.912. The number of carbonyl (C=O) groups excluding carboxylic acids is 3. The van der Waals surface area contributed by atoms with Crippen molar-refractivity contribution in [2.24, 2.45) is 0 Å². The lowest BCUT2D eigenvalue weighted by atomic mass is 10.0. The van der Waals surface area contributed by atoms with Crippen LogP contribution >= 0.6 is 0 Å². The van der Waals surface area contributed by atoms with Crippen molar-refractivity contribution in [1.29, 1.82) is 0 Å². The van der Waals surface area contributed by atoms with E-state index in [1.54, 1.807) is 4.68 Å². The van der Waals surface area contributed by atoms with Gasteiger partial charge in [-0.2, -0.15) is 4.98 Å². The number of aliphatic carboxylic acids is 1. The highest BCUT2D eigenvalue weighted by molar-refractivity contribution is 5.92. The Morgan fingerprint density at radius 2 is 2.04 bits per heavy atom. The molecule has 0 saturated heterocycles. The number of hydrogen-bond donors (Lipinski definition) is 2. The van der Waals surface area contributed by atoms with E-state index in [0.717, 1.165) is 5.56 Å². The van der Waals surface area contributed by atoms with E-state index in [4.69, 9.17) is 0 Å². The minimum atomic E-state index is -1.20. The minimum absolute atomic E-state index is 0.0202. The maximum absolute atomic E-state index is 11.9. The monoisotopic (exact) mass is 342 g/mol. The molecule has 1 aromatic carbocycles. The molecule has 0 aliphatic carbocycles. The molecule has 1 aromatic heterocycles. The summed E-state index contributed by atoms with van der Waals surface area (Å²) in [6.07, 6.45) is 0.226. The molecule has 2 aromatic rings. The Bertz CT molecular complexity index is 802. The Morgan fingerprint density at radius 3 is 2.76 bits per heavy atom. The van der Waals surface area contributed by atoms with Crippen molar-refractivity contribution >= 4 is 29.7 Å². The van der Waals surface area contributed by atoms with E-state index in [2.05, 4.69) is 20.7 Å². The standard InChI is InChI=1S/C16H17N5O4/c22-12(7-4-8-14(24)25)17-15-19-16-18-13(23)9-11(21(16)20-15)10-5-2-1-3-6-10/h1-3,5-6,11H,4,7-9H2,(H,24,25)(H2,17,18,19,20,22,23)/p-1/t11-/m0/s1. The number of fused-ring (bicyclic) bond motifs is 1. The van der Waals surface area contributed by atoms with E-state index in [1.165, 1.54) is 0 Å². The topological polar surface area (TPSA) is 129 Å². The summed E-state index contributed by atoms with van der Waals surface area (Å²) in [5.74, 6) is -1.45. The van der Waals surface area contributed by atoms with Crippen LogP contribution in [-0.4, -0.2) is 32.5 Å². The number of nitrogens with zero attached hydrogens (tertiary/aromatic N) is 3. The molecule has 3 rings (SSSR count). The quantitative estimate of drug-likeness (QED) is 0.764. The Labute approximate surface area is 143 Å². The average molecular weight is 342 g/mol. The first-order chi connectivity index (χ1) is 12.0. The molecule has 2 N–H and O–H groups in total. The van der Waals surface area contributed by atoms with Crippen molar-refractivity contribution < 1.29 is 19.5 Å². The highest BCUT2D eigenvalue weighted by atomic mass is 16.4. The van der Waals surface area contributed by atoms with Crippen molar-refractivity contribution in [2.75, 3.05) is 10.6 Å². The van der Waals surface area contributed by atoms with Gasteiger partial charge in [-0.1, -0.05) is 30.3 Å². The molecule has 2 heterocycles. The summed E-state index contributed by atoms with van der Waals surface area (Å²) in [5, 5.41) is 19.8. The average Bonchev–Trinajstić information content (AvgIpc) is 2.96. The van der Waals surface area contributed by atoms with E-state index < -0.39 is 11.9 Å². The van der Waals surface area contributed by atoms with E-state index >= 15 is 0 Å². The van der Waals surface area contributed by atoms with Crippen LogP contribution in [-0.2, 0) is 14.4 Å². The van der Waals surface area contributed by atoms with Gasteiger partial charge < -0.3 is 9.90 Å².